The summed E-state index contributed by atoms with van der Waals surface area (Å²) in [4.78, 5) is 12.3. The quantitative estimate of drug-likeness (QED) is 0.856. The fraction of sp³-hybridized carbons (Fsp3) is 0.500. The number of hydrogen-bond donors (Lipinski definition) is 1. The summed E-state index contributed by atoms with van der Waals surface area (Å²) in [5.41, 5.74) is 3.83. The average molecular weight is 337 g/mol. The van der Waals surface area contributed by atoms with Gasteiger partial charge in [0.25, 0.3) is 5.91 Å². The SMILES string of the molecule is C[C@@H]1CCCC/C1=N/NC(=O)c1cccc(S(=O)(=O)N(C)C)c1. The van der Waals surface area contributed by atoms with Crippen molar-refractivity contribution < 1.29 is 13.2 Å². The van der Waals surface area contributed by atoms with Crippen molar-refractivity contribution in [1.82, 2.24) is 9.73 Å². The number of sulfonamides is 1. The summed E-state index contributed by atoms with van der Waals surface area (Å²) in [7, 11) is -0.646. The van der Waals surface area contributed by atoms with Crippen LogP contribution in [0.2, 0.25) is 0 Å². The number of hydrogen-bond acceptors (Lipinski definition) is 4. The Labute approximate surface area is 137 Å². The maximum Gasteiger partial charge on any atom is 0.271 e. The van der Waals surface area contributed by atoms with Crippen LogP contribution in [0.15, 0.2) is 34.3 Å². The lowest BCUT2D eigenvalue weighted by atomic mass is 9.89. The maximum atomic E-state index is 12.2. The van der Waals surface area contributed by atoms with Gasteiger partial charge in [-0.25, -0.2) is 18.1 Å². The van der Waals surface area contributed by atoms with Gasteiger partial charge in [-0.1, -0.05) is 19.4 Å². The second-order valence-corrected chi connectivity index (χ2v) is 8.16. The van der Waals surface area contributed by atoms with Gasteiger partial charge in [0, 0.05) is 25.4 Å². The molecule has 1 saturated carbocycles. The van der Waals surface area contributed by atoms with Crippen LogP contribution in [0.3, 0.4) is 0 Å². The van der Waals surface area contributed by atoms with Crippen LogP contribution in [0.4, 0.5) is 0 Å². The molecule has 0 saturated heterocycles. The van der Waals surface area contributed by atoms with Crippen molar-refractivity contribution in [2.24, 2.45) is 11.0 Å². The molecule has 0 unspecified atom stereocenters. The van der Waals surface area contributed by atoms with Gasteiger partial charge in [0.05, 0.1) is 4.90 Å². The first-order valence-corrected chi connectivity index (χ1v) is 9.16. The highest BCUT2D eigenvalue weighted by Crippen LogP contribution is 2.21. The van der Waals surface area contributed by atoms with E-state index in [1.807, 2.05) is 0 Å². The molecule has 1 amide bonds. The summed E-state index contributed by atoms with van der Waals surface area (Å²) in [5, 5.41) is 4.22. The number of nitrogens with zero attached hydrogens (tertiary/aromatic N) is 2. The molecule has 0 heterocycles. The first kappa shape index (κ1) is 17.6. The van der Waals surface area contributed by atoms with Crippen LogP contribution in [-0.4, -0.2) is 38.4 Å². The Kier molecular flexibility index (Phi) is 5.54. The number of benzene rings is 1. The van der Waals surface area contributed by atoms with Crippen molar-refractivity contribution in [2.45, 2.75) is 37.5 Å². The highest BCUT2D eigenvalue weighted by molar-refractivity contribution is 7.89. The molecule has 1 aliphatic carbocycles. The predicted octanol–water partition coefficient (Wildman–Crippen LogP) is 2.23. The molecule has 1 aliphatic rings. The zero-order chi connectivity index (χ0) is 17.0. The molecule has 1 atom stereocenters. The van der Waals surface area contributed by atoms with Gasteiger partial charge in [0.2, 0.25) is 10.0 Å². The van der Waals surface area contributed by atoms with Gasteiger partial charge in [-0.2, -0.15) is 5.10 Å². The Morgan fingerprint density at radius 3 is 2.70 bits per heavy atom. The van der Waals surface area contributed by atoms with Crippen molar-refractivity contribution in [3.8, 4) is 0 Å². The van der Waals surface area contributed by atoms with Gasteiger partial charge < -0.3 is 0 Å². The fourth-order valence-corrected chi connectivity index (χ4v) is 3.48. The lowest BCUT2D eigenvalue weighted by Gasteiger charge is -2.19. The Bertz CT molecular complexity index is 711. The van der Waals surface area contributed by atoms with Crippen molar-refractivity contribution in [1.29, 1.82) is 0 Å². The molecular formula is C16H23N3O3S. The molecule has 23 heavy (non-hydrogen) atoms. The number of carbonyl (C=O) groups excluding carboxylic acids is 1. The van der Waals surface area contributed by atoms with Gasteiger partial charge in [0.1, 0.15) is 0 Å². The van der Waals surface area contributed by atoms with Crippen molar-refractivity contribution >= 4 is 21.6 Å². The molecule has 7 heteroatoms. The smallest absolute Gasteiger partial charge is 0.267 e. The maximum absolute atomic E-state index is 12.2. The van der Waals surface area contributed by atoms with E-state index in [0.29, 0.717) is 5.92 Å². The van der Waals surface area contributed by atoms with Gasteiger partial charge in [0.15, 0.2) is 0 Å². The summed E-state index contributed by atoms with van der Waals surface area (Å²) in [6.45, 7) is 2.11. The van der Waals surface area contributed by atoms with Gasteiger partial charge in [-0.05, 0) is 43.4 Å². The minimum absolute atomic E-state index is 0.0915. The van der Waals surface area contributed by atoms with Crippen LogP contribution >= 0.6 is 0 Å². The standard InChI is InChI=1S/C16H23N3O3S/c1-12-7-4-5-10-15(12)17-18-16(20)13-8-6-9-14(11-13)23(21,22)19(2)3/h6,8-9,11-12H,4-5,7,10H2,1-3H3,(H,18,20)/b17-15-/t12-/m1/s1. The Morgan fingerprint density at radius 1 is 1.30 bits per heavy atom. The van der Waals surface area contributed by atoms with E-state index < -0.39 is 15.9 Å². The first-order valence-electron chi connectivity index (χ1n) is 7.71. The van der Waals surface area contributed by atoms with Gasteiger partial charge in [-0.3, -0.25) is 4.79 Å². The largest absolute Gasteiger partial charge is 0.271 e. The Morgan fingerprint density at radius 2 is 2.04 bits per heavy atom. The molecule has 0 radical (unpaired) electrons. The van der Waals surface area contributed by atoms with E-state index in [4.69, 9.17) is 0 Å². The van der Waals surface area contributed by atoms with Gasteiger partial charge in [-0.15, -0.1) is 0 Å². The third kappa shape index (κ3) is 4.17. The van der Waals surface area contributed by atoms with Crippen LogP contribution in [0.1, 0.15) is 43.0 Å². The molecule has 0 spiro atoms. The van der Waals surface area contributed by atoms with Crippen LogP contribution in [0, 0.1) is 5.92 Å². The number of carbonyl (C=O) groups is 1. The number of rotatable bonds is 4. The molecule has 1 N–H and O–H groups in total. The number of nitrogens with one attached hydrogen (secondary N) is 1. The average Bonchev–Trinajstić information content (AvgIpc) is 2.53. The lowest BCUT2D eigenvalue weighted by molar-refractivity contribution is 0.0954. The normalized spacial score (nSPS) is 20.7. The van der Waals surface area contributed by atoms with Gasteiger partial charge >= 0.3 is 0 Å². The fourth-order valence-electron chi connectivity index (χ4n) is 2.53. The highest BCUT2D eigenvalue weighted by atomic mass is 32.2. The minimum Gasteiger partial charge on any atom is -0.267 e. The highest BCUT2D eigenvalue weighted by Gasteiger charge is 2.19. The third-order valence-electron chi connectivity index (χ3n) is 4.06. The van der Waals surface area contributed by atoms with Crippen LogP contribution in [-0.2, 0) is 10.0 Å². The third-order valence-corrected chi connectivity index (χ3v) is 5.88. The summed E-state index contributed by atoms with van der Waals surface area (Å²) >= 11 is 0. The number of amides is 1. The van der Waals surface area contributed by atoms with Crippen LogP contribution in [0.25, 0.3) is 0 Å². The summed E-state index contributed by atoms with van der Waals surface area (Å²) in [5.74, 6) is -0.0180. The molecular weight excluding hydrogens is 314 g/mol. The Hall–Kier alpha value is -1.73. The topological polar surface area (TPSA) is 78.8 Å². The number of hydrazone groups is 1. The Balaban J connectivity index is 2.16. The van der Waals surface area contributed by atoms with Crippen molar-refractivity contribution in [2.75, 3.05) is 14.1 Å². The van der Waals surface area contributed by atoms with E-state index in [2.05, 4.69) is 17.5 Å². The predicted molar refractivity (Wildman–Crippen MR) is 89.8 cm³/mol. The van der Waals surface area contributed by atoms with E-state index >= 15 is 0 Å². The van der Waals surface area contributed by atoms with E-state index in [1.54, 1.807) is 12.1 Å². The minimum atomic E-state index is -3.56. The molecule has 126 valence electrons. The van der Waals surface area contributed by atoms with E-state index in [1.165, 1.54) is 32.6 Å². The van der Waals surface area contributed by atoms with E-state index in [-0.39, 0.29) is 10.5 Å². The summed E-state index contributed by atoms with van der Waals surface area (Å²) in [6.07, 6.45) is 4.27. The molecule has 2 rings (SSSR count). The van der Waals surface area contributed by atoms with E-state index in [0.717, 1.165) is 29.3 Å². The van der Waals surface area contributed by atoms with Crippen LogP contribution < -0.4 is 5.43 Å². The molecule has 1 fully saturated rings. The van der Waals surface area contributed by atoms with Crippen molar-refractivity contribution in [3.05, 3.63) is 29.8 Å². The lowest BCUT2D eigenvalue weighted by Crippen LogP contribution is -2.25. The molecule has 1 aromatic rings. The zero-order valence-corrected chi connectivity index (χ0v) is 14.6. The summed E-state index contributed by atoms with van der Waals surface area (Å²) < 4.78 is 25.4. The van der Waals surface area contributed by atoms with E-state index in [9.17, 15) is 13.2 Å². The first-order chi connectivity index (χ1) is 10.8. The zero-order valence-electron chi connectivity index (χ0n) is 13.7. The molecule has 0 aliphatic heterocycles. The monoisotopic (exact) mass is 337 g/mol. The summed E-state index contributed by atoms with van der Waals surface area (Å²) in [6, 6.07) is 5.98. The second kappa shape index (κ2) is 7.23. The molecule has 0 bridgehead atoms. The van der Waals surface area contributed by atoms with Crippen molar-refractivity contribution in [3.63, 3.8) is 0 Å². The molecule has 0 aromatic heterocycles. The van der Waals surface area contributed by atoms with Crippen LogP contribution in [0.5, 0.6) is 0 Å². The second-order valence-electron chi connectivity index (χ2n) is 6.01. The molecule has 1 aromatic carbocycles. The molecule has 6 nitrogen and oxygen atoms in total.